The first-order valence-corrected chi connectivity index (χ1v) is 12.0. The van der Waals surface area contributed by atoms with Gasteiger partial charge in [0.05, 0.1) is 6.04 Å². The summed E-state index contributed by atoms with van der Waals surface area (Å²) < 4.78 is 0. The molecule has 0 radical (unpaired) electrons. The molecule has 200 valence electrons. The lowest BCUT2D eigenvalue weighted by atomic mass is 10.0. The van der Waals surface area contributed by atoms with Crippen molar-refractivity contribution in [3.63, 3.8) is 0 Å². The van der Waals surface area contributed by atoms with Crippen LogP contribution in [0.5, 0.6) is 5.75 Å². The predicted molar refractivity (Wildman–Crippen MR) is 135 cm³/mol. The van der Waals surface area contributed by atoms with Gasteiger partial charge >= 0.3 is 5.97 Å². The van der Waals surface area contributed by atoms with Crippen LogP contribution in [0.3, 0.4) is 0 Å². The highest BCUT2D eigenvalue weighted by Gasteiger charge is 2.30. The van der Waals surface area contributed by atoms with Gasteiger partial charge in [-0.2, -0.15) is 12.6 Å². The number of phenolic OH excluding ortho intramolecular Hbond substituents is 1. The largest absolute Gasteiger partial charge is 0.508 e. The van der Waals surface area contributed by atoms with Crippen LogP contribution >= 0.6 is 12.6 Å². The maximum absolute atomic E-state index is 13.0. The molecular weight excluding hydrogens is 490 g/mol. The van der Waals surface area contributed by atoms with Gasteiger partial charge in [-0.15, -0.1) is 0 Å². The van der Waals surface area contributed by atoms with Crippen molar-refractivity contribution >= 4 is 42.2 Å². The zero-order chi connectivity index (χ0) is 27.4. The van der Waals surface area contributed by atoms with Crippen LogP contribution in [0.1, 0.15) is 38.7 Å². The number of amides is 4. The number of nitrogens with two attached hydrogens (primary N) is 2. The number of carbonyl (C=O) groups is 5. The zero-order valence-electron chi connectivity index (χ0n) is 20.3. The number of hydrogen-bond donors (Lipinski definition) is 8. The molecule has 36 heavy (non-hydrogen) atoms. The Morgan fingerprint density at radius 2 is 1.44 bits per heavy atom. The number of aliphatic carboxylic acids is 1. The van der Waals surface area contributed by atoms with Crippen molar-refractivity contribution in [1.82, 2.24) is 16.0 Å². The van der Waals surface area contributed by atoms with Crippen LogP contribution in [-0.4, -0.2) is 69.7 Å². The second-order valence-corrected chi connectivity index (χ2v) is 9.18. The summed E-state index contributed by atoms with van der Waals surface area (Å²) in [6, 6.07) is 1.64. The van der Waals surface area contributed by atoms with Gasteiger partial charge in [0.1, 0.15) is 23.9 Å². The molecule has 12 nitrogen and oxygen atoms in total. The van der Waals surface area contributed by atoms with E-state index in [2.05, 4.69) is 28.6 Å². The molecule has 0 aliphatic carbocycles. The van der Waals surface area contributed by atoms with E-state index in [9.17, 15) is 34.2 Å². The van der Waals surface area contributed by atoms with Gasteiger partial charge < -0.3 is 37.6 Å². The number of benzene rings is 1. The summed E-state index contributed by atoms with van der Waals surface area (Å²) in [7, 11) is 0. The van der Waals surface area contributed by atoms with E-state index in [1.807, 2.05) is 13.8 Å². The molecule has 0 bridgehead atoms. The van der Waals surface area contributed by atoms with Crippen molar-refractivity contribution in [3.8, 4) is 5.75 Å². The van der Waals surface area contributed by atoms with E-state index in [-0.39, 0.29) is 43.1 Å². The molecule has 4 amide bonds. The van der Waals surface area contributed by atoms with Crippen molar-refractivity contribution in [2.45, 2.75) is 63.7 Å². The highest BCUT2D eigenvalue weighted by atomic mass is 32.1. The zero-order valence-corrected chi connectivity index (χ0v) is 21.2. The van der Waals surface area contributed by atoms with Gasteiger partial charge in [-0.05, 0) is 42.9 Å². The lowest BCUT2D eigenvalue weighted by Gasteiger charge is -2.25. The minimum absolute atomic E-state index is 0.00263. The maximum atomic E-state index is 13.0. The Morgan fingerprint density at radius 3 is 1.94 bits per heavy atom. The van der Waals surface area contributed by atoms with Gasteiger partial charge in [0.2, 0.25) is 23.6 Å². The Morgan fingerprint density at radius 1 is 0.917 bits per heavy atom. The summed E-state index contributed by atoms with van der Waals surface area (Å²) in [5, 5.41) is 26.0. The lowest BCUT2D eigenvalue weighted by molar-refractivity contribution is -0.142. The van der Waals surface area contributed by atoms with Gasteiger partial charge in [0.25, 0.3) is 0 Å². The van der Waals surface area contributed by atoms with E-state index in [4.69, 9.17) is 11.5 Å². The summed E-state index contributed by atoms with van der Waals surface area (Å²) in [5.41, 5.74) is 11.8. The molecule has 0 fully saturated rings. The van der Waals surface area contributed by atoms with E-state index in [0.717, 1.165) is 5.56 Å². The number of primary amides is 1. The van der Waals surface area contributed by atoms with Crippen LogP contribution in [-0.2, 0) is 30.4 Å². The van der Waals surface area contributed by atoms with Crippen molar-refractivity contribution in [3.05, 3.63) is 29.8 Å². The number of carbonyl (C=O) groups excluding carboxylic acids is 4. The van der Waals surface area contributed by atoms with Crippen LogP contribution in [0, 0.1) is 5.92 Å². The van der Waals surface area contributed by atoms with E-state index < -0.39 is 53.8 Å². The fourth-order valence-corrected chi connectivity index (χ4v) is 3.50. The predicted octanol–water partition coefficient (Wildman–Crippen LogP) is -0.958. The van der Waals surface area contributed by atoms with Gasteiger partial charge in [-0.25, -0.2) is 4.79 Å². The van der Waals surface area contributed by atoms with Crippen LogP contribution in [0.25, 0.3) is 0 Å². The Hall–Kier alpha value is -3.32. The average molecular weight is 526 g/mol. The Balaban J connectivity index is 2.84. The molecule has 1 rings (SSSR count). The molecule has 0 saturated heterocycles. The van der Waals surface area contributed by atoms with Gasteiger partial charge in [-0.1, -0.05) is 26.0 Å². The van der Waals surface area contributed by atoms with E-state index in [0.29, 0.717) is 0 Å². The molecular formula is C23H35N5O7S. The van der Waals surface area contributed by atoms with Gasteiger partial charge in [0.15, 0.2) is 0 Å². The van der Waals surface area contributed by atoms with Crippen molar-refractivity contribution in [1.29, 1.82) is 0 Å². The summed E-state index contributed by atoms with van der Waals surface area (Å²) in [4.78, 5) is 60.6. The number of carboxylic acids is 1. The molecule has 4 unspecified atom stereocenters. The first-order chi connectivity index (χ1) is 16.8. The van der Waals surface area contributed by atoms with Crippen molar-refractivity contribution in [2.24, 2.45) is 17.4 Å². The maximum Gasteiger partial charge on any atom is 0.326 e. The number of hydrogen-bond acceptors (Lipinski definition) is 8. The topological polar surface area (TPSA) is 214 Å². The number of rotatable bonds is 15. The highest BCUT2D eigenvalue weighted by Crippen LogP contribution is 2.12. The molecule has 4 atom stereocenters. The molecule has 0 aliphatic heterocycles. The van der Waals surface area contributed by atoms with Crippen molar-refractivity contribution in [2.75, 3.05) is 5.75 Å². The highest BCUT2D eigenvalue weighted by molar-refractivity contribution is 7.80. The van der Waals surface area contributed by atoms with Crippen molar-refractivity contribution < 1.29 is 34.2 Å². The molecule has 1 aromatic rings. The Kier molecular flexibility index (Phi) is 12.7. The first kappa shape index (κ1) is 30.7. The molecule has 0 saturated carbocycles. The SMILES string of the molecule is CC(C)CC(NC(=O)C(N)Cc1ccc(O)cc1)C(=O)NC(CS)C(=O)NC(CCC(N)=O)C(=O)O. The number of carboxylic acid groups (broad SMARTS) is 1. The number of phenols is 1. The molecule has 9 N–H and O–H groups in total. The van der Waals surface area contributed by atoms with Crippen LogP contribution in [0.4, 0.5) is 0 Å². The van der Waals surface area contributed by atoms with Gasteiger partial charge in [-0.3, -0.25) is 19.2 Å². The van der Waals surface area contributed by atoms with E-state index in [1.165, 1.54) is 12.1 Å². The molecule has 0 aliphatic rings. The third-order valence-corrected chi connectivity index (χ3v) is 5.54. The van der Waals surface area contributed by atoms with E-state index >= 15 is 0 Å². The van der Waals surface area contributed by atoms with E-state index in [1.54, 1.807) is 12.1 Å². The fourth-order valence-electron chi connectivity index (χ4n) is 3.24. The fraction of sp³-hybridized carbons (Fsp3) is 0.522. The summed E-state index contributed by atoms with van der Waals surface area (Å²) in [6.07, 6.45) is -0.0386. The second-order valence-electron chi connectivity index (χ2n) is 8.82. The first-order valence-electron chi connectivity index (χ1n) is 11.4. The summed E-state index contributed by atoms with van der Waals surface area (Å²) in [6.45, 7) is 3.70. The second kappa shape index (κ2) is 14.9. The molecule has 13 heteroatoms. The number of aromatic hydroxyl groups is 1. The van der Waals surface area contributed by atoms with Crippen LogP contribution in [0.15, 0.2) is 24.3 Å². The third-order valence-electron chi connectivity index (χ3n) is 5.18. The molecule has 0 aromatic heterocycles. The monoisotopic (exact) mass is 525 g/mol. The summed E-state index contributed by atoms with van der Waals surface area (Å²) >= 11 is 4.07. The molecule has 1 aromatic carbocycles. The standard InChI is InChI=1S/C23H35N5O7S/c1-12(2)9-17(27-20(31)15(24)10-13-3-5-14(29)6-4-13)21(32)28-18(11-36)22(33)26-16(23(34)35)7-8-19(25)30/h3-6,12,15-18,29,36H,7-11,24H2,1-2H3,(H2,25,30)(H,26,33)(H,27,31)(H,28,32)(H,34,35). The van der Waals surface area contributed by atoms with Crippen LogP contribution < -0.4 is 27.4 Å². The Bertz CT molecular complexity index is 926. The average Bonchev–Trinajstić information content (AvgIpc) is 2.80. The molecule has 0 spiro atoms. The molecule has 0 heterocycles. The van der Waals surface area contributed by atoms with Crippen LogP contribution in [0.2, 0.25) is 0 Å². The Labute approximate surface area is 215 Å². The quantitative estimate of drug-likeness (QED) is 0.133. The normalized spacial score (nSPS) is 14.2. The summed E-state index contributed by atoms with van der Waals surface area (Å²) in [5.74, 6) is -4.19. The van der Waals surface area contributed by atoms with Gasteiger partial charge in [0, 0.05) is 12.2 Å². The minimum atomic E-state index is -1.38. The number of thiol groups is 1. The minimum Gasteiger partial charge on any atom is -0.508 e. The lowest BCUT2D eigenvalue weighted by Crippen LogP contribution is -2.58. The number of nitrogens with one attached hydrogen (secondary N) is 3. The third kappa shape index (κ3) is 11.0. The smallest absolute Gasteiger partial charge is 0.326 e.